The van der Waals surface area contributed by atoms with E-state index < -0.39 is 0 Å². The third-order valence-electron chi connectivity index (χ3n) is 4.60. The summed E-state index contributed by atoms with van der Waals surface area (Å²) in [5, 5.41) is 0. The molecule has 0 radical (unpaired) electrons. The van der Waals surface area contributed by atoms with Crippen LogP contribution in [0.1, 0.15) is 19.3 Å². The van der Waals surface area contributed by atoms with E-state index in [1.807, 2.05) is 28.9 Å². The van der Waals surface area contributed by atoms with Crippen molar-refractivity contribution in [2.45, 2.75) is 19.3 Å². The van der Waals surface area contributed by atoms with Crippen molar-refractivity contribution in [1.82, 2.24) is 9.38 Å². The van der Waals surface area contributed by atoms with Gasteiger partial charge in [0.1, 0.15) is 11.4 Å². The zero-order chi connectivity index (χ0) is 12.2. The molecule has 2 aromatic heterocycles. The van der Waals surface area contributed by atoms with Crippen LogP contribution in [-0.4, -0.2) is 22.5 Å². The zero-order valence-corrected chi connectivity index (χ0v) is 10.3. The Labute approximate surface area is 106 Å². The fraction of sp³-hybridized carbons (Fsp3) is 0.500. The second-order valence-electron chi connectivity index (χ2n) is 6.08. The van der Waals surface area contributed by atoms with Crippen LogP contribution in [0.3, 0.4) is 0 Å². The van der Waals surface area contributed by atoms with Crippen molar-refractivity contribution in [3.05, 3.63) is 30.7 Å². The number of aromatic nitrogens is 2. The summed E-state index contributed by atoms with van der Waals surface area (Å²) in [6.45, 7) is 1.67. The van der Waals surface area contributed by atoms with Gasteiger partial charge in [0, 0.05) is 30.1 Å². The lowest BCUT2D eigenvalue weighted by Gasteiger charge is -2.70. The maximum absolute atomic E-state index is 5.92. The van der Waals surface area contributed by atoms with Gasteiger partial charge in [-0.3, -0.25) is 0 Å². The van der Waals surface area contributed by atoms with Gasteiger partial charge in [-0.15, -0.1) is 0 Å². The highest BCUT2D eigenvalue weighted by Gasteiger charge is 2.67. The van der Waals surface area contributed by atoms with Crippen molar-refractivity contribution in [3.63, 3.8) is 0 Å². The predicted octanol–water partition coefficient (Wildman–Crippen LogP) is 1.84. The molecule has 0 aliphatic heterocycles. The first-order chi connectivity index (χ1) is 8.73. The van der Waals surface area contributed by atoms with Crippen LogP contribution in [0.5, 0.6) is 5.75 Å². The number of nitrogens with zero attached hydrogens (tertiary/aromatic N) is 2. The summed E-state index contributed by atoms with van der Waals surface area (Å²) in [5.41, 5.74) is 7.62. The molecule has 0 spiro atoms. The monoisotopic (exact) mass is 243 g/mol. The van der Waals surface area contributed by atoms with Crippen molar-refractivity contribution < 1.29 is 4.74 Å². The van der Waals surface area contributed by atoms with Gasteiger partial charge in [-0.05, 0) is 37.3 Å². The standard InChI is InChI=1S/C14H17N3O/c15-9-13-6-14(7-13,8-13)10-18-11-1-3-17-4-2-16-12(17)5-11/h1-5H,6-10,15H2. The smallest absolute Gasteiger partial charge is 0.140 e. The van der Waals surface area contributed by atoms with Crippen LogP contribution in [0.15, 0.2) is 30.7 Å². The van der Waals surface area contributed by atoms with Gasteiger partial charge >= 0.3 is 0 Å². The molecule has 2 N–H and O–H groups in total. The number of rotatable bonds is 4. The normalized spacial score (nSPS) is 32.9. The fourth-order valence-electron chi connectivity index (χ4n) is 3.82. The average Bonchev–Trinajstić information content (AvgIpc) is 2.73. The molecule has 2 aromatic rings. The molecule has 0 unspecified atom stereocenters. The Bertz CT molecular complexity index is 584. The van der Waals surface area contributed by atoms with Gasteiger partial charge in [0.15, 0.2) is 0 Å². The summed E-state index contributed by atoms with van der Waals surface area (Å²) >= 11 is 0. The molecule has 0 aromatic carbocycles. The molecule has 3 aliphatic carbocycles. The molecule has 0 amide bonds. The minimum atomic E-state index is 0.431. The highest BCUT2D eigenvalue weighted by molar-refractivity contribution is 5.44. The minimum absolute atomic E-state index is 0.431. The molecule has 3 fully saturated rings. The number of hydrogen-bond acceptors (Lipinski definition) is 3. The molecule has 2 heterocycles. The van der Waals surface area contributed by atoms with Crippen LogP contribution < -0.4 is 10.5 Å². The largest absolute Gasteiger partial charge is 0.493 e. The summed E-state index contributed by atoms with van der Waals surface area (Å²) in [7, 11) is 0. The Morgan fingerprint density at radius 1 is 1.28 bits per heavy atom. The summed E-state index contributed by atoms with van der Waals surface area (Å²) < 4.78 is 7.91. The fourth-order valence-corrected chi connectivity index (χ4v) is 3.82. The van der Waals surface area contributed by atoms with E-state index in [2.05, 4.69) is 4.98 Å². The molecule has 3 aliphatic rings. The maximum atomic E-state index is 5.92. The average molecular weight is 243 g/mol. The van der Waals surface area contributed by atoms with Gasteiger partial charge in [0.05, 0.1) is 6.61 Å². The van der Waals surface area contributed by atoms with Crippen molar-refractivity contribution in [2.75, 3.05) is 13.2 Å². The van der Waals surface area contributed by atoms with Crippen LogP contribution >= 0.6 is 0 Å². The lowest BCUT2D eigenvalue weighted by atomic mass is 9.35. The number of nitrogens with two attached hydrogens (primary N) is 1. The number of imidazole rings is 1. The topological polar surface area (TPSA) is 52.5 Å². The van der Waals surface area contributed by atoms with Crippen LogP contribution in [0.4, 0.5) is 0 Å². The number of ether oxygens (including phenoxy) is 1. The Morgan fingerprint density at radius 3 is 2.89 bits per heavy atom. The SMILES string of the molecule is NCC12CC(COc3ccn4ccnc4c3)(C1)C2. The van der Waals surface area contributed by atoms with E-state index >= 15 is 0 Å². The molecule has 0 atom stereocenters. The van der Waals surface area contributed by atoms with E-state index in [0.717, 1.165) is 24.5 Å². The number of hydrogen-bond donors (Lipinski definition) is 1. The summed E-state index contributed by atoms with van der Waals surface area (Å²) in [6.07, 6.45) is 9.48. The third-order valence-corrected chi connectivity index (χ3v) is 4.60. The summed E-state index contributed by atoms with van der Waals surface area (Å²) in [6, 6.07) is 3.99. The number of pyridine rings is 1. The van der Waals surface area contributed by atoms with E-state index in [0.29, 0.717) is 10.8 Å². The van der Waals surface area contributed by atoms with Gasteiger partial charge < -0.3 is 14.9 Å². The van der Waals surface area contributed by atoms with Crippen LogP contribution in [0.25, 0.3) is 5.65 Å². The molecule has 4 heteroatoms. The molecule has 94 valence electrons. The number of fused-ring (bicyclic) bond motifs is 1. The summed E-state index contributed by atoms with van der Waals surface area (Å²) in [4.78, 5) is 4.26. The highest BCUT2D eigenvalue weighted by Crippen LogP contribution is 2.72. The van der Waals surface area contributed by atoms with Gasteiger partial charge in [-0.25, -0.2) is 4.98 Å². The zero-order valence-electron chi connectivity index (χ0n) is 10.3. The lowest BCUT2D eigenvalue weighted by Crippen LogP contribution is -2.66. The van der Waals surface area contributed by atoms with Crippen LogP contribution in [0, 0.1) is 10.8 Å². The molecular weight excluding hydrogens is 226 g/mol. The second kappa shape index (κ2) is 3.26. The molecule has 4 nitrogen and oxygen atoms in total. The van der Waals surface area contributed by atoms with Gasteiger partial charge in [0.2, 0.25) is 0 Å². The van der Waals surface area contributed by atoms with Crippen molar-refractivity contribution in [2.24, 2.45) is 16.6 Å². The molecule has 3 saturated carbocycles. The van der Waals surface area contributed by atoms with E-state index in [-0.39, 0.29) is 0 Å². The molecule has 2 bridgehead atoms. The third kappa shape index (κ3) is 1.32. The Morgan fingerprint density at radius 2 is 2.11 bits per heavy atom. The van der Waals surface area contributed by atoms with Crippen LogP contribution in [-0.2, 0) is 0 Å². The summed E-state index contributed by atoms with van der Waals surface area (Å²) in [5.74, 6) is 0.917. The minimum Gasteiger partial charge on any atom is -0.493 e. The lowest BCUT2D eigenvalue weighted by molar-refractivity contribution is -0.211. The quantitative estimate of drug-likeness (QED) is 0.891. The second-order valence-corrected chi connectivity index (χ2v) is 6.08. The van der Waals surface area contributed by atoms with E-state index in [1.165, 1.54) is 19.3 Å². The van der Waals surface area contributed by atoms with Gasteiger partial charge in [-0.1, -0.05) is 0 Å². The molecule has 5 rings (SSSR count). The molecule has 18 heavy (non-hydrogen) atoms. The van der Waals surface area contributed by atoms with E-state index in [1.54, 1.807) is 6.20 Å². The van der Waals surface area contributed by atoms with Crippen molar-refractivity contribution >= 4 is 5.65 Å². The Hall–Kier alpha value is -1.55. The van der Waals surface area contributed by atoms with Crippen molar-refractivity contribution in [1.29, 1.82) is 0 Å². The van der Waals surface area contributed by atoms with E-state index in [4.69, 9.17) is 10.5 Å². The first kappa shape index (κ1) is 10.4. The van der Waals surface area contributed by atoms with Crippen LogP contribution in [0.2, 0.25) is 0 Å². The maximum Gasteiger partial charge on any atom is 0.140 e. The van der Waals surface area contributed by atoms with Gasteiger partial charge in [-0.2, -0.15) is 0 Å². The Kier molecular flexibility index (Phi) is 1.88. The van der Waals surface area contributed by atoms with E-state index in [9.17, 15) is 0 Å². The highest BCUT2D eigenvalue weighted by atomic mass is 16.5. The van der Waals surface area contributed by atoms with Crippen molar-refractivity contribution in [3.8, 4) is 5.75 Å². The molecule has 0 saturated heterocycles. The first-order valence-corrected chi connectivity index (χ1v) is 6.48. The van der Waals surface area contributed by atoms with Gasteiger partial charge in [0.25, 0.3) is 0 Å². The predicted molar refractivity (Wildman–Crippen MR) is 68.5 cm³/mol. The first-order valence-electron chi connectivity index (χ1n) is 6.48. The molecular formula is C14H17N3O. The Balaban J connectivity index is 1.43.